The van der Waals surface area contributed by atoms with Crippen LogP contribution in [0, 0.1) is 6.92 Å². The molecule has 9 nitrogen and oxygen atoms in total. The van der Waals surface area contributed by atoms with Crippen LogP contribution in [0.25, 0.3) is 5.69 Å². The van der Waals surface area contributed by atoms with Crippen molar-refractivity contribution in [1.82, 2.24) is 14.3 Å². The van der Waals surface area contributed by atoms with Crippen LogP contribution in [0.4, 0.5) is 5.69 Å². The fourth-order valence-electron chi connectivity index (χ4n) is 4.03. The lowest BCUT2D eigenvalue weighted by molar-refractivity contribution is 0.0300. The summed E-state index contributed by atoms with van der Waals surface area (Å²) in [5, 5.41) is 0. The Bertz CT molecular complexity index is 1270. The second-order valence-corrected chi connectivity index (χ2v) is 7.84. The highest BCUT2D eigenvalue weighted by Gasteiger charge is 2.27. The van der Waals surface area contributed by atoms with Crippen LogP contribution in [0.2, 0.25) is 0 Å². The number of hydrogen-bond acceptors (Lipinski definition) is 6. The summed E-state index contributed by atoms with van der Waals surface area (Å²) in [5.74, 6) is 0.569. The molecule has 2 heterocycles. The molecule has 0 unspecified atom stereocenters. The van der Waals surface area contributed by atoms with Gasteiger partial charge in [0.25, 0.3) is 11.5 Å². The van der Waals surface area contributed by atoms with Crippen molar-refractivity contribution in [2.24, 2.45) is 12.0 Å². The van der Waals surface area contributed by atoms with Crippen molar-refractivity contribution in [3.05, 3.63) is 69.6 Å². The quantitative estimate of drug-likeness (QED) is 0.524. The molecule has 0 spiro atoms. The van der Waals surface area contributed by atoms with Crippen LogP contribution in [-0.2, 0) is 11.8 Å². The van der Waals surface area contributed by atoms with Gasteiger partial charge in [0.1, 0.15) is 0 Å². The number of carbonyl (C=O) groups is 1. The molecule has 0 bridgehead atoms. The lowest BCUT2D eigenvalue weighted by atomic mass is 10.0. The minimum Gasteiger partial charge on any atom is -0.493 e. The van der Waals surface area contributed by atoms with E-state index >= 15 is 0 Å². The minimum atomic E-state index is -0.246. The lowest BCUT2D eigenvalue weighted by Crippen LogP contribution is -2.41. The van der Waals surface area contributed by atoms with Crippen LogP contribution in [-0.4, -0.2) is 66.9 Å². The van der Waals surface area contributed by atoms with Crippen LogP contribution < -0.4 is 15.0 Å². The maximum absolute atomic E-state index is 13.5. The molecule has 1 fully saturated rings. The topological polar surface area (TPSA) is 87.3 Å². The third-order valence-electron chi connectivity index (χ3n) is 5.95. The van der Waals surface area contributed by atoms with Gasteiger partial charge in [-0.3, -0.25) is 14.3 Å². The summed E-state index contributed by atoms with van der Waals surface area (Å²) >= 11 is 0. The molecule has 0 aliphatic carbocycles. The monoisotopic (exact) mass is 464 g/mol. The smallest absolute Gasteiger partial charge is 0.297 e. The van der Waals surface area contributed by atoms with Crippen LogP contribution in [0.5, 0.6) is 11.5 Å². The van der Waals surface area contributed by atoms with Crippen molar-refractivity contribution < 1.29 is 19.0 Å². The third-order valence-corrected chi connectivity index (χ3v) is 5.95. The highest BCUT2D eigenvalue weighted by Crippen LogP contribution is 2.34. The number of methoxy groups -OCH3 is 2. The van der Waals surface area contributed by atoms with E-state index in [1.165, 1.54) is 20.4 Å². The summed E-state index contributed by atoms with van der Waals surface area (Å²) in [5.41, 5.74) is 2.36. The summed E-state index contributed by atoms with van der Waals surface area (Å²) in [4.78, 5) is 32.9. The van der Waals surface area contributed by atoms with Gasteiger partial charge in [-0.25, -0.2) is 9.67 Å². The lowest BCUT2D eigenvalue weighted by Gasteiger charge is -2.28. The van der Waals surface area contributed by atoms with Gasteiger partial charge < -0.3 is 19.1 Å². The first-order valence-electron chi connectivity index (χ1n) is 11.0. The van der Waals surface area contributed by atoms with E-state index in [9.17, 15) is 9.59 Å². The number of benzene rings is 2. The number of hydrogen-bond donors (Lipinski definition) is 0. The maximum atomic E-state index is 13.5. The van der Waals surface area contributed by atoms with Gasteiger partial charge in [-0.15, -0.1) is 0 Å². The zero-order chi connectivity index (χ0) is 24.2. The molecule has 1 saturated heterocycles. The number of para-hydroxylation sites is 1. The fourth-order valence-corrected chi connectivity index (χ4v) is 4.03. The van der Waals surface area contributed by atoms with Gasteiger partial charge in [0.15, 0.2) is 17.2 Å². The Morgan fingerprint density at radius 2 is 1.76 bits per heavy atom. The van der Waals surface area contributed by atoms with Gasteiger partial charge in [0.05, 0.1) is 44.4 Å². The predicted octanol–water partition coefficient (Wildman–Crippen LogP) is 2.72. The maximum Gasteiger partial charge on any atom is 0.297 e. The second-order valence-electron chi connectivity index (χ2n) is 7.84. The number of aromatic nitrogens is 2. The fraction of sp³-hybridized carbons (Fsp3) is 0.320. The number of rotatable bonds is 6. The standard InChI is InChI=1S/C25H28N4O5/c1-17-22(25(31)29(27(17)2)19-8-6-5-7-9-19)26-16-18-10-11-20(32-3)23(33-4)21(18)24(30)28-12-14-34-15-13-28/h5-11,16H,12-15H2,1-4H3. The van der Waals surface area contributed by atoms with Crippen LogP contribution in [0.15, 0.2) is 52.3 Å². The Kier molecular flexibility index (Phi) is 6.83. The normalized spacial score (nSPS) is 13.9. The van der Waals surface area contributed by atoms with Crippen LogP contribution in [0.3, 0.4) is 0 Å². The first kappa shape index (κ1) is 23.3. The van der Waals surface area contributed by atoms with E-state index < -0.39 is 0 Å². The van der Waals surface area contributed by atoms with E-state index in [0.29, 0.717) is 60.3 Å². The molecule has 1 aliphatic rings. The average Bonchev–Trinajstić information content (AvgIpc) is 3.09. The molecule has 4 rings (SSSR count). The van der Waals surface area contributed by atoms with E-state index in [1.54, 1.807) is 26.4 Å². The molecule has 2 aromatic carbocycles. The molecule has 1 aromatic heterocycles. The Morgan fingerprint density at radius 3 is 2.41 bits per heavy atom. The van der Waals surface area contributed by atoms with Gasteiger partial charge >= 0.3 is 0 Å². The third kappa shape index (κ3) is 4.22. The molecular weight excluding hydrogens is 436 g/mol. The minimum absolute atomic E-state index is 0.202. The van der Waals surface area contributed by atoms with E-state index in [4.69, 9.17) is 14.2 Å². The summed E-state index contributed by atoms with van der Waals surface area (Å²) in [6.07, 6.45) is 1.54. The zero-order valence-electron chi connectivity index (χ0n) is 19.8. The van der Waals surface area contributed by atoms with Crippen LogP contribution in [0.1, 0.15) is 21.6 Å². The molecule has 3 aromatic rings. The van der Waals surface area contributed by atoms with Crippen LogP contribution >= 0.6 is 0 Å². The number of carbonyl (C=O) groups excluding carboxylic acids is 1. The van der Waals surface area contributed by atoms with E-state index in [0.717, 1.165) is 5.69 Å². The molecule has 0 radical (unpaired) electrons. The van der Waals surface area contributed by atoms with Gasteiger partial charge in [-0.1, -0.05) is 18.2 Å². The van der Waals surface area contributed by atoms with Crippen molar-refractivity contribution in [3.63, 3.8) is 0 Å². The summed E-state index contributed by atoms with van der Waals surface area (Å²) in [6.45, 7) is 3.75. The van der Waals surface area contributed by atoms with Crippen molar-refractivity contribution >= 4 is 17.8 Å². The summed E-state index contributed by atoms with van der Waals surface area (Å²) < 4.78 is 19.7. The first-order chi connectivity index (χ1) is 16.5. The van der Waals surface area contributed by atoms with Gasteiger partial charge in [0.2, 0.25) is 0 Å². The summed E-state index contributed by atoms with van der Waals surface area (Å²) in [6, 6.07) is 12.8. The zero-order valence-corrected chi connectivity index (χ0v) is 19.8. The predicted molar refractivity (Wildman–Crippen MR) is 129 cm³/mol. The first-order valence-corrected chi connectivity index (χ1v) is 11.0. The molecule has 0 N–H and O–H groups in total. The number of morpholine rings is 1. The Morgan fingerprint density at radius 1 is 1.06 bits per heavy atom. The van der Waals surface area contributed by atoms with E-state index in [-0.39, 0.29) is 11.5 Å². The largest absolute Gasteiger partial charge is 0.493 e. The molecule has 178 valence electrons. The number of aliphatic imine (C=N–C) groups is 1. The van der Waals surface area contributed by atoms with Crippen molar-refractivity contribution in [3.8, 4) is 17.2 Å². The van der Waals surface area contributed by atoms with Gasteiger partial charge in [-0.05, 0) is 31.2 Å². The van der Waals surface area contributed by atoms with Crippen molar-refractivity contribution in [2.75, 3.05) is 40.5 Å². The summed E-state index contributed by atoms with van der Waals surface area (Å²) in [7, 11) is 4.83. The molecule has 9 heteroatoms. The van der Waals surface area contributed by atoms with E-state index in [2.05, 4.69) is 4.99 Å². The number of ether oxygens (including phenoxy) is 3. The van der Waals surface area contributed by atoms with E-state index in [1.807, 2.05) is 44.3 Å². The van der Waals surface area contributed by atoms with Crippen molar-refractivity contribution in [2.45, 2.75) is 6.92 Å². The SMILES string of the molecule is COc1ccc(C=Nc2c(C)n(C)n(-c3ccccc3)c2=O)c(C(=O)N2CCOCC2)c1OC. The second kappa shape index (κ2) is 9.96. The molecule has 0 saturated carbocycles. The van der Waals surface area contributed by atoms with Crippen molar-refractivity contribution in [1.29, 1.82) is 0 Å². The number of amides is 1. The molecule has 34 heavy (non-hydrogen) atoms. The van der Waals surface area contributed by atoms with Gasteiger partial charge in [-0.2, -0.15) is 0 Å². The van der Waals surface area contributed by atoms with Gasteiger partial charge in [0, 0.05) is 31.9 Å². The highest BCUT2D eigenvalue weighted by molar-refractivity contribution is 6.06. The Labute approximate surface area is 197 Å². The Balaban J connectivity index is 1.80. The highest BCUT2D eigenvalue weighted by atomic mass is 16.5. The molecular formula is C25H28N4O5. The Hall–Kier alpha value is -3.85. The molecule has 0 atom stereocenters. The number of nitrogens with zero attached hydrogens (tertiary/aromatic N) is 4. The molecule has 1 aliphatic heterocycles. The average molecular weight is 465 g/mol. The molecule has 1 amide bonds.